The van der Waals surface area contributed by atoms with Gasteiger partial charge >= 0.3 is 0 Å². The van der Waals surface area contributed by atoms with Crippen LogP contribution in [0.3, 0.4) is 0 Å². The summed E-state index contributed by atoms with van der Waals surface area (Å²) in [6, 6.07) is 6.04. The van der Waals surface area contributed by atoms with Crippen LogP contribution < -0.4 is 10.1 Å². The quantitative estimate of drug-likeness (QED) is 0.476. The summed E-state index contributed by atoms with van der Waals surface area (Å²) in [5, 5.41) is 2.83. The third-order valence-corrected chi connectivity index (χ3v) is 5.61. The Bertz CT molecular complexity index is 1150. The number of nitrogens with zero attached hydrogens (tertiary/aromatic N) is 1. The molecule has 1 aromatic carbocycles. The SMILES string of the molecule is COCCOc1cnccc1-c1[nH]c2c(c1Cc1cccc(F)c1CC(F)F)C(=O)NCC2. The van der Waals surface area contributed by atoms with Gasteiger partial charge in [0.15, 0.2) is 0 Å². The molecule has 0 aliphatic carbocycles. The molecule has 0 fully saturated rings. The minimum absolute atomic E-state index is 0.0455. The van der Waals surface area contributed by atoms with E-state index in [-0.39, 0.29) is 17.9 Å². The van der Waals surface area contributed by atoms with Crippen molar-refractivity contribution in [1.29, 1.82) is 0 Å². The van der Waals surface area contributed by atoms with Crippen molar-refractivity contribution >= 4 is 5.91 Å². The first-order valence-electron chi connectivity index (χ1n) is 10.6. The normalized spacial score (nSPS) is 13.2. The summed E-state index contributed by atoms with van der Waals surface area (Å²) < 4.78 is 51.7. The van der Waals surface area contributed by atoms with Crippen molar-refractivity contribution in [3.05, 3.63) is 70.4 Å². The molecule has 174 valence electrons. The molecule has 1 aliphatic heterocycles. The number of benzene rings is 1. The Labute approximate surface area is 189 Å². The molecule has 1 amide bonds. The molecule has 0 bridgehead atoms. The maximum atomic E-state index is 14.5. The van der Waals surface area contributed by atoms with E-state index in [0.29, 0.717) is 59.9 Å². The predicted octanol–water partition coefficient (Wildman–Crippen LogP) is 3.93. The highest BCUT2D eigenvalue weighted by atomic mass is 19.3. The van der Waals surface area contributed by atoms with Crippen LogP contribution in [-0.4, -0.2) is 49.2 Å². The number of alkyl halides is 2. The third kappa shape index (κ3) is 4.88. The Hall–Kier alpha value is -3.33. The van der Waals surface area contributed by atoms with Crippen LogP contribution in [0.25, 0.3) is 11.3 Å². The number of nitrogens with one attached hydrogen (secondary N) is 2. The molecule has 33 heavy (non-hydrogen) atoms. The molecule has 3 heterocycles. The lowest BCUT2D eigenvalue weighted by Crippen LogP contribution is -2.32. The predicted molar refractivity (Wildman–Crippen MR) is 116 cm³/mol. The highest BCUT2D eigenvalue weighted by Gasteiger charge is 2.28. The number of rotatable bonds is 9. The Balaban J connectivity index is 1.83. The van der Waals surface area contributed by atoms with Crippen molar-refractivity contribution in [2.24, 2.45) is 0 Å². The maximum Gasteiger partial charge on any atom is 0.253 e. The Morgan fingerprint density at radius 1 is 1.18 bits per heavy atom. The van der Waals surface area contributed by atoms with Crippen LogP contribution in [0, 0.1) is 5.82 Å². The molecular formula is C24H24F3N3O3. The van der Waals surface area contributed by atoms with Crippen LogP contribution in [-0.2, 0) is 24.0 Å². The smallest absolute Gasteiger partial charge is 0.253 e. The lowest BCUT2D eigenvalue weighted by molar-refractivity contribution is 0.0945. The highest BCUT2D eigenvalue weighted by Crippen LogP contribution is 2.37. The largest absolute Gasteiger partial charge is 0.489 e. The zero-order valence-corrected chi connectivity index (χ0v) is 18.1. The molecule has 0 radical (unpaired) electrons. The summed E-state index contributed by atoms with van der Waals surface area (Å²) in [4.78, 5) is 20.2. The molecule has 0 saturated carbocycles. The number of aromatic amines is 1. The van der Waals surface area contributed by atoms with Gasteiger partial charge in [-0.1, -0.05) is 12.1 Å². The topological polar surface area (TPSA) is 76.2 Å². The molecule has 0 spiro atoms. The van der Waals surface area contributed by atoms with E-state index in [1.165, 1.54) is 12.1 Å². The van der Waals surface area contributed by atoms with E-state index in [1.807, 2.05) is 0 Å². The summed E-state index contributed by atoms with van der Waals surface area (Å²) >= 11 is 0. The molecule has 2 N–H and O–H groups in total. The monoisotopic (exact) mass is 459 g/mol. The van der Waals surface area contributed by atoms with Gasteiger partial charge in [0, 0.05) is 50.4 Å². The van der Waals surface area contributed by atoms with Gasteiger partial charge in [-0.05, 0) is 28.8 Å². The minimum Gasteiger partial charge on any atom is -0.489 e. The summed E-state index contributed by atoms with van der Waals surface area (Å²) in [6.45, 7) is 1.16. The number of pyridine rings is 1. The molecule has 2 aromatic heterocycles. The standard InChI is InChI=1S/C24H24F3N3O3/c1-32-9-10-33-20-13-28-7-5-15(20)23-17(22-19(30-23)6-8-29-24(22)31)11-14-3-2-4-18(25)16(14)12-21(26)27/h2-5,7,13,21,30H,6,8-12H2,1H3,(H,29,31). The van der Waals surface area contributed by atoms with Crippen LogP contribution in [0.5, 0.6) is 5.75 Å². The average Bonchev–Trinajstić information content (AvgIpc) is 3.16. The van der Waals surface area contributed by atoms with E-state index in [0.717, 1.165) is 5.69 Å². The van der Waals surface area contributed by atoms with Crippen LogP contribution in [0.15, 0.2) is 36.7 Å². The van der Waals surface area contributed by atoms with Crippen molar-refractivity contribution in [2.45, 2.75) is 25.7 Å². The second kappa shape index (κ2) is 10.1. The lowest BCUT2D eigenvalue weighted by Gasteiger charge is -2.16. The molecule has 1 aliphatic rings. The summed E-state index contributed by atoms with van der Waals surface area (Å²) in [6.07, 6.45) is 0.479. The van der Waals surface area contributed by atoms with E-state index in [4.69, 9.17) is 9.47 Å². The first kappa shape index (κ1) is 22.8. The number of hydrogen-bond acceptors (Lipinski definition) is 4. The molecule has 6 nitrogen and oxygen atoms in total. The lowest BCUT2D eigenvalue weighted by atomic mass is 9.92. The molecule has 9 heteroatoms. The van der Waals surface area contributed by atoms with Crippen molar-refractivity contribution in [3.8, 4) is 17.0 Å². The number of carbonyl (C=O) groups is 1. The van der Waals surface area contributed by atoms with E-state index < -0.39 is 18.7 Å². The Morgan fingerprint density at radius 2 is 2.03 bits per heavy atom. The van der Waals surface area contributed by atoms with Gasteiger partial charge in [0.05, 0.1) is 24.1 Å². The van der Waals surface area contributed by atoms with Crippen LogP contribution >= 0.6 is 0 Å². The van der Waals surface area contributed by atoms with Crippen molar-refractivity contribution in [2.75, 3.05) is 26.9 Å². The zero-order valence-electron chi connectivity index (χ0n) is 18.1. The number of amides is 1. The molecule has 0 unspecified atom stereocenters. The Morgan fingerprint density at radius 3 is 2.82 bits per heavy atom. The van der Waals surface area contributed by atoms with Gasteiger partial charge in [0.25, 0.3) is 5.91 Å². The van der Waals surface area contributed by atoms with E-state index in [9.17, 15) is 18.0 Å². The molecule has 3 aromatic rings. The molecule has 0 saturated heterocycles. The van der Waals surface area contributed by atoms with E-state index in [2.05, 4.69) is 15.3 Å². The van der Waals surface area contributed by atoms with E-state index >= 15 is 0 Å². The van der Waals surface area contributed by atoms with Crippen LogP contribution in [0.4, 0.5) is 13.2 Å². The van der Waals surface area contributed by atoms with E-state index in [1.54, 1.807) is 31.6 Å². The second-order valence-corrected chi connectivity index (χ2v) is 7.70. The van der Waals surface area contributed by atoms with Crippen molar-refractivity contribution < 1.29 is 27.4 Å². The number of aromatic nitrogens is 2. The maximum absolute atomic E-state index is 14.5. The summed E-state index contributed by atoms with van der Waals surface area (Å²) in [5.74, 6) is -0.450. The van der Waals surface area contributed by atoms with Crippen molar-refractivity contribution in [1.82, 2.24) is 15.3 Å². The highest BCUT2D eigenvalue weighted by molar-refractivity contribution is 6.00. The second-order valence-electron chi connectivity index (χ2n) is 7.70. The molecular weight excluding hydrogens is 435 g/mol. The number of halogens is 3. The van der Waals surface area contributed by atoms with Gasteiger partial charge in [-0.25, -0.2) is 13.2 Å². The number of hydrogen-bond donors (Lipinski definition) is 2. The first-order chi connectivity index (χ1) is 16.0. The number of fused-ring (bicyclic) bond motifs is 1. The van der Waals surface area contributed by atoms with Crippen LogP contribution in [0.1, 0.15) is 32.7 Å². The van der Waals surface area contributed by atoms with Gasteiger partial charge < -0.3 is 19.8 Å². The number of H-pyrrole nitrogens is 1. The first-order valence-corrected chi connectivity index (χ1v) is 10.6. The fraction of sp³-hybridized carbons (Fsp3) is 0.333. The zero-order chi connectivity index (χ0) is 23.4. The fourth-order valence-corrected chi connectivity index (χ4v) is 4.13. The van der Waals surface area contributed by atoms with Gasteiger partial charge in [0.2, 0.25) is 6.43 Å². The number of methoxy groups -OCH3 is 1. The molecule has 4 rings (SSSR count). The number of carbonyl (C=O) groups excluding carboxylic acids is 1. The summed E-state index contributed by atoms with van der Waals surface area (Å²) in [7, 11) is 1.57. The minimum atomic E-state index is -2.69. The van der Waals surface area contributed by atoms with Gasteiger partial charge in [0.1, 0.15) is 18.2 Å². The third-order valence-electron chi connectivity index (χ3n) is 5.61. The summed E-state index contributed by atoms with van der Waals surface area (Å²) in [5.41, 5.74) is 3.47. The van der Waals surface area contributed by atoms with Crippen molar-refractivity contribution in [3.63, 3.8) is 0 Å². The average molecular weight is 459 g/mol. The fourth-order valence-electron chi connectivity index (χ4n) is 4.13. The van der Waals surface area contributed by atoms with Gasteiger partial charge in [-0.15, -0.1) is 0 Å². The molecule has 0 atom stereocenters. The van der Waals surface area contributed by atoms with Gasteiger partial charge in [-0.2, -0.15) is 0 Å². The number of ether oxygens (including phenoxy) is 2. The van der Waals surface area contributed by atoms with Gasteiger partial charge in [-0.3, -0.25) is 9.78 Å². The Kier molecular flexibility index (Phi) is 6.98. The van der Waals surface area contributed by atoms with Crippen LogP contribution in [0.2, 0.25) is 0 Å².